The highest BCUT2D eigenvalue weighted by atomic mass is 35.5. The van der Waals surface area contributed by atoms with Crippen LogP contribution in [0.15, 0.2) is 0 Å². The molecule has 2 aliphatic rings. The fourth-order valence-corrected chi connectivity index (χ4v) is 3.49. The molecule has 1 amide bonds. The van der Waals surface area contributed by atoms with E-state index in [2.05, 4.69) is 0 Å². The van der Waals surface area contributed by atoms with Gasteiger partial charge in [-0.2, -0.15) is 13.2 Å². The number of amides is 1. The molecule has 2 unspecified atom stereocenters. The molecule has 0 bridgehead atoms. The van der Waals surface area contributed by atoms with Crippen molar-refractivity contribution < 1.29 is 22.7 Å². The molecule has 1 saturated carbocycles. The summed E-state index contributed by atoms with van der Waals surface area (Å²) in [6.45, 7) is 6.45. The number of nitrogens with zero attached hydrogens (tertiary/aromatic N) is 1. The molecule has 1 heterocycles. The molecule has 1 aliphatic heterocycles. The van der Waals surface area contributed by atoms with Crippen molar-refractivity contribution in [1.29, 1.82) is 0 Å². The average Bonchev–Trinajstić information content (AvgIpc) is 2.45. The minimum atomic E-state index is -4.18. The lowest BCUT2D eigenvalue weighted by atomic mass is 9.54. The highest BCUT2D eigenvalue weighted by molar-refractivity contribution is 5.89. The largest absolute Gasteiger partial charge is 0.391 e. The van der Waals surface area contributed by atoms with E-state index in [1.54, 1.807) is 0 Å². The van der Waals surface area contributed by atoms with Gasteiger partial charge in [0.2, 0.25) is 5.91 Å². The number of piperidine rings is 1. The van der Waals surface area contributed by atoms with Crippen molar-refractivity contribution in [3.8, 4) is 0 Å². The van der Waals surface area contributed by atoms with Gasteiger partial charge in [-0.15, -0.1) is 12.4 Å². The van der Waals surface area contributed by atoms with Gasteiger partial charge in [-0.05, 0) is 19.8 Å². The molecule has 0 spiro atoms. The summed E-state index contributed by atoms with van der Waals surface area (Å²) in [4.78, 5) is 14.2. The predicted molar refractivity (Wildman–Crippen MR) is 83.3 cm³/mol. The van der Waals surface area contributed by atoms with Gasteiger partial charge in [-0.25, -0.2) is 0 Å². The number of hydrogen-bond donors (Lipinski definition) is 1. The number of halogens is 4. The Hall–Kier alpha value is -0.530. The Morgan fingerprint density at radius 3 is 2.22 bits per heavy atom. The van der Waals surface area contributed by atoms with Crippen molar-refractivity contribution in [2.45, 2.75) is 57.9 Å². The Labute approximate surface area is 141 Å². The van der Waals surface area contributed by atoms with Crippen LogP contribution in [0, 0.1) is 11.3 Å². The van der Waals surface area contributed by atoms with Crippen LogP contribution in [0.1, 0.15) is 40.0 Å². The van der Waals surface area contributed by atoms with Crippen molar-refractivity contribution in [2.24, 2.45) is 17.1 Å². The van der Waals surface area contributed by atoms with Crippen LogP contribution in [-0.2, 0) is 9.53 Å². The monoisotopic (exact) mass is 358 g/mol. The van der Waals surface area contributed by atoms with Crippen molar-refractivity contribution in [2.75, 3.05) is 19.7 Å². The molecule has 1 aliphatic carbocycles. The Morgan fingerprint density at radius 2 is 1.83 bits per heavy atom. The normalized spacial score (nSPS) is 31.3. The third-order valence-electron chi connectivity index (χ3n) is 5.46. The fraction of sp³-hybridized carbons (Fsp3) is 0.933. The third-order valence-corrected chi connectivity index (χ3v) is 5.46. The summed E-state index contributed by atoms with van der Waals surface area (Å²) >= 11 is 0. The first-order chi connectivity index (χ1) is 10.0. The van der Waals surface area contributed by atoms with Gasteiger partial charge in [0.25, 0.3) is 0 Å². The van der Waals surface area contributed by atoms with Crippen LogP contribution in [0.2, 0.25) is 0 Å². The number of rotatable bonds is 3. The summed E-state index contributed by atoms with van der Waals surface area (Å²) in [7, 11) is 0. The first-order valence-electron chi connectivity index (χ1n) is 7.80. The second-order valence-electron chi connectivity index (χ2n) is 6.95. The summed E-state index contributed by atoms with van der Waals surface area (Å²) in [6.07, 6.45) is -3.92. The van der Waals surface area contributed by atoms with E-state index >= 15 is 0 Å². The Morgan fingerprint density at radius 1 is 1.30 bits per heavy atom. The minimum absolute atomic E-state index is 0. The summed E-state index contributed by atoms with van der Waals surface area (Å²) in [6, 6.07) is 0. The molecule has 2 rings (SSSR count). The Kier molecular flexibility index (Phi) is 6.03. The maximum absolute atomic E-state index is 12.7. The van der Waals surface area contributed by atoms with Gasteiger partial charge < -0.3 is 15.4 Å². The zero-order chi connectivity index (χ0) is 16.8. The number of likely N-dealkylation sites (tertiary alicyclic amines) is 1. The van der Waals surface area contributed by atoms with Crippen LogP contribution in [0.5, 0.6) is 0 Å². The van der Waals surface area contributed by atoms with Crippen molar-refractivity contribution in [3.63, 3.8) is 0 Å². The van der Waals surface area contributed by atoms with E-state index < -0.39 is 23.0 Å². The maximum atomic E-state index is 12.7. The number of carbonyl (C=O) groups excluding carboxylic acids is 1. The predicted octanol–water partition coefficient (Wildman–Crippen LogP) is 2.74. The second-order valence-corrected chi connectivity index (χ2v) is 6.95. The van der Waals surface area contributed by atoms with Gasteiger partial charge in [0.05, 0.1) is 12.0 Å². The first-order valence-corrected chi connectivity index (χ1v) is 7.80. The van der Waals surface area contributed by atoms with Crippen LogP contribution >= 0.6 is 12.4 Å². The lowest BCUT2D eigenvalue weighted by Crippen LogP contribution is -2.76. The van der Waals surface area contributed by atoms with Gasteiger partial charge in [-0.3, -0.25) is 4.79 Å². The molecule has 0 radical (unpaired) electrons. The van der Waals surface area contributed by atoms with Gasteiger partial charge in [0.15, 0.2) is 0 Å². The van der Waals surface area contributed by atoms with E-state index in [9.17, 15) is 18.0 Å². The molecule has 2 N–H and O–H groups in total. The molecular formula is C15H26ClF3N2O2. The van der Waals surface area contributed by atoms with E-state index in [1.807, 2.05) is 20.8 Å². The van der Waals surface area contributed by atoms with Crippen molar-refractivity contribution in [1.82, 2.24) is 4.90 Å². The smallest absolute Gasteiger partial charge is 0.378 e. The molecule has 8 heteroatoms. The lowest BCUT2D eigenvalue weighted by molar-refractivity contribution is -0.194. The molecule has 2 atom stereocenters. The molecule has 0 aromatic carbocycles. The third kappa shape index (κ3) is 3.46. The molecule has 136 valence electrons. The zero-order valence-electron chi connectivity index (χ0n) is 13.8. The standard InChI is InChI=1S/C15H25F3N2O2.ClH/c1-4-22-11-9-14(19,13(11,2)3)12(21)20-7-5-10(6-8-20)15(16,17)18;/h10-11H,4-9,19H2,1-3H3;1H. The van der Waals surface area contributed by atoms with Gasteiger partial charge in [-0.1, -0.05) is 13.8 Å². The molecular weight excluding hydrogens is 333 g/mol. The highest BCUT2D eigenvalue weighted by Gasteiger charge is 2.64. The van der Waals surface area contributed by atoms with Crippen LogP contribution in [0.3, 0.4) is 0 Å². The molecule has 0 aromatic heterocycles. The van der Waals surface area contributed by atoms with E-state index in [1.165, 1.54) is 4.90 Å². The van der Waals surface area contributed by atoms with E-state index in [0.29, 0.717) is 13.0 Å². The maximum Gasteiger partial charge on any atom is 0.391 e. The SMILES string of the molecule is CCOC1CC(N)(C(=O)N2CCC(C(F)(F)F)CC2)C1(C)C.Cl. The number of alkyl halides is 3. The number of carbonyl (C=O) groups is 1. The zero-order valence-corrected chi connectivity index (χ0v) is 14.6. The molecule has 1 saturated heterocycles. The van der Waals surface area contributed by atoms with Crippen LogP contribution in [0.4, 0.5) is 13.2 Å². The first kappa shape index (κ1) is 20.5. The number of ether oxygens (including phenoxy) is 1. The van der Waals surface area contributed by atoms with Crippen LogP contribution < -0.4 is 5.73 Å². The van der Waals surface area contributed by atoms with Crippen molar-refractivity contribution in [3.05, 3.63) is 0 Å². The van der Waals surface area contributed by atoms with Crippen LogP contribution in [0.25, 0.3) is 0 Å². The molecule has 0 aromatic rings. The summed E-state index contributed by atoms with van der Waals surface area (Å²) < 4.78 is 43.7. The summed E-state index contributed by atoms with van der Waals surface area (Å²) in [5.41, 5.74) is 4.75. The van der Waals surface area contributed by atoms with Gasteiger partial charge in [0.1, 0.15) is 5.54 Å². The summed E-state index contributed by atoms with van der Waals surface area (Å²) in [5, 5.41) is 0. The topological polar surface area (TPSA) is 55.6 Å². The molecule has 23 heavy (non-hydrogen) atoms. The van der Waals surface area contributed by atoms with Crippen LogP contribution in [-0.4, -0.2) is 48.3 Å². The average molecular weight is 359 g/mol. The van der Waals surface area contributed by atoms with Gasteiger partial charge >= 0.3 is 6.18 Å². The second kappa shape index (κ2) is 6.76. The van der Waals surface area contributed by atoms with E-state index in [0.717, 1.165) is 0 Å². The van der Waals surface area contributed by atoms with Gasteiger partial charge in [0, 0.05) is 31.5 Å². The number of hydrogen-bond acceptors (Lipinski definition) is 3. The van der Waals surface area contributed by atoms with E-state index in [-0.39, 0.29) is 50.3 Å². The molecule has 4 nitrogen and oxygen atoms in total. The highest BCUT2D eigenvalue weighted by Crippen LogP contribution is 2.51. The number of nitrogens with two attached hydrogens (primary N) is 1. The van der Waals surface area contributed by atoms with Crippen molar-refractivity contribution >= 4 is 18.3 Å². The quantitative estimate of drug-likeness (QED) is 0.844. The fourth-order valence-electron chi connectivity index (χ4n) is 3.49. The lowest BCUT2D eigenvalue weighted by Gasteiger charge is -2.59. The van der Waals surface area contributed by atoms with E-state index in [4.69, 9.17) is 10.5 Å². The minimum Gasteiger partial charge on any atom is -0.378 e. The Balaban J connectivity index is 0.00000264. The Bertz CT molecular complexity index is 437. The molecule has 2 fully saturated rings. The summed E-state index contributed by atoms with van der Waals surface area (Å²) in [5.74, 6) is -1.55.